The number of hydrogen-bond donors (Lipinski definition) is 3. The lowest BCUT2D eigenvalue weighted by Crippen LogP contribution is -2.30. The number of carbonyl (C=O) groups excluding carboxylic acids is 3. The molecule has 4 aromatic rings. The Morgan fingerprint density at radius 1 is 0.737 bits per heavy atom. The van der Waals surface area contributed by atoms with Crippen LogP contribution in [0, 0.1) is 0 Å². The molecule has 0 heterocycles. The molecule has 8 heteroatoms. The molecule has 0 fully saturated rings. The third-order valence-electron chi connectivity index (χ3n) is 5.21. The van der Waals surface area contributed by atoms with Crippen molar-refractivity contribution in [3.05, 3.63) is 131 Å². The molecule has 3 N–H and O–H groups in total. The lowest BCUT2D eigenvalue weighted by molar-refractivity contribution is -0.114. The van der Waals surface area contributed by atoms with Gasteiger partial charge < -0.3 is 16.0 Å². The Bertz CT molecular complexity index is 1460. The van der Waals surface area contributed by atoms with Crippen LogP contribution in [-0.2, 0) is 9.59 Å². The first kappa shape index (κ1) is 26.7. The molecule has 0 aliphatic heterocycles. The van der Waals surface area contributed by atoms with E-state index in [2.05, 4.69) is 16.0 Å². The Morgan fingerprint density at radius 2 is 1.39 bits per heavy atom. The van der Waals surface area contributed by atoms with Gasteiger partial charge in [0.1, 0.15) is 5.70 Å². The molecule has 3 amide bonds. The third-order valence-corrected chi connectivity index (χ3v) is 6.44. The maximum Gasteiger partial charge on any atom is 0.272 e. The molecule has 0 atom stereocenters. The Morgan fingerprint density at radius 3 is 2.11 bits per heavy atom. The average Bonchev–Trinajstić information content (AvgIpc) is 2.93. The molecule has 0 aliphatic rings. The fourth-order valence-corrected chi connectivity index (χ4v) is 4.38. The number of amides is 3. The molecule has 4 rings (SSSR count). The van der Waals surface area contributed by atoms with Crippen molar-refractivity contribution in [2.45, 2.75) is 4.90 Å². The quantitative estimate of drug-likeness (QED) is 0.167. The SMILES string of the molecule is O=C(CSc1cccc(NC(=O)/C(=C/c2ccccc2)NC(=O)c2ccccc2)c1)Nc1cccc(Cl)c1. The second kappa shape index (κ2) is 13.3. The van der Waals surface area contributed by atoms with Crippen LogP contribution in [0.15, 0.2) is 120 Å². The molecule has 0 radical (unpaired) electrons. The van der Waals surface area contributed by atoms with Crippen LogP contribution in [0.25, 0.3) is 6.08 Å². The highest BCUT2D eigenvalue weighted by molar-refractivity contribution is 8.00. The predicted octanol–water partition coefficient (Wildman–Crippen LogP) is 6.48. The number of rotatable bonds is 9. The summed E-state index contributed by atoms with van der Waals surface area (Å²) >= 11 is 7.30. The second-order valence-electron chi connectivity index (χ2n) is 8.12. The minimum Gasteiger partial charge on any atom is -0.325 e. The maximum absolute atomic E-state index is 13.2. The van der Waals surface area contributed by atoms with Gasteiger partial charge in [-0.3, -0.25) is 14.4 Å². The molecule has 0 aliphatic carbocycles. The number of nitrogens with one attached hydrogen (secondary N) is 3. The molecule has 0 saturated carbocycles. The van der Waals surface area contributed by atoms with Crippen LogP contribution in [0.5, 0.6) is 0 Å². The topological polar surface area (TPSA) is 87.3 Å². The van der Waals surface area contributed by atoms with Crippen LogP contribution in [0.2, 0.25) is 5.02 Å². The van der Waals surface area contributed by atoms with Crippen LogP contribution < -0.4 is 16.0 Å². The Balaban J connectivity index is 1.43. The van der Waals surface area contributed by atoms with Crippen LogP contribution in [0.3, 0.4) is 0 Å². The van der Waals surface area contributed by atoms with Crippen molar-refractivity contribution in [1.29, 1.82) is 0 Å². The maximum atomic E-state index is 13.2. The molecule has 0 bridgehead atoms. The average molecular weight is 542 g/mol. The van der Waals surface area contributed by atoms with Gasteiger partial charge in [0, 0.05) is 26.9 Å². The van der Waals surface area contributed by atoms with Gasteiger partial charge in [-0.05, 0) is 60.2 Å². The van der Waals surface area contributed by atoms with E-state index in [-0.39, 0.29) is 17.4 Å². The summed E-state index contributed by atoms with van der Waals surface area (Å²) in [7, 11) is 0. The largest absolute Gasteiger partial charge is 0.325 e. The number of hydrogen-bond acceptors (Lipinski definition) is 4. The van der Waals surface area contributed by atoms with E-state index in [1.807, 2.05) is 42.5 Å². The predicted molar refractivity (Wildman–Crippen MR) is 154 cm³/mol. The first-order chi connectivity index (χ1) is 18.5. The van der Waals surface area contributed by atoms with Gasteiger partial charge in [-0.2, -0.15) is 0 Å². The van der Waals surface area contributed by atoms with Gasteiger partial charge >= 0.3 is 0 Å². The van der Waals surface area contributed by atoms with Gasteiger partial charge in [0.15, 0.2) is 0 Å². The molecular weight excluding hydrogens is 518 g/mol. The first-order valence-corrected chi connectivity index (χ1v) is 13.1. The van der Waals surface area contributed by atoms with Crippen molar-refractivity contribution in [3.8, 4) is 0 Å². The number of thioether (sulfide) groups is 1. The summed E-state index contributed by atoms with van der Waals surface area (Å²) in [5.74, 6) is -0.865. The summed E-state index contributed by atoms with van der Waals surface area (Å²) in [5.41, 5.74) is 2.46. The first-order valence-electron chi connectivity index (χ1n) is 11.7. The normalized spacial score (nSPS) is 10.9. The summed E-state index contributed by atoms with van der Waals surface area (Å²) in [6.45, 7) is 0. The van der Waals surface area contributed by atoms with Crippen molar-refractivity contribution >= 4 is 58.5 Å². The van der Waals surface area contributed by atoms with Gasteiger partial charge in [-0.25, -0.2) is 0 Å². The van der Waals surface area contributed by atoms with Gasteiger partial charge in [-0.15, -0.1) is 11.8 Å². The Kier molecular flexibility index (Phi) is 9.34. The standard InChI is InChI=1S/C30H24ClN3O3S/c31-23-13-7-14-24(18-23)32-28(35)20-38-26-16-8-15-25(19-26)33-30(37)27(17-21-9-3-1-4-10-21)34-29(36)22-11-5-2-6-12-22/h1-19H,20H2,(H,32,35)(H,33,37)(H,34,36)/b27-17-. The van der Waals surface area contributed by atoms with E-state index < -0.39 is 11.8 Å². The zero-order valence-electron chi connectivity index (χ0n) is 20.2. The second-order valence-corrected chi connectivity index (χ2v) is 9.60. The van der Waals surface area contributed by atoms with Crippen molar-refractivity contribution < 1.29 is 14.4 Å². The summed E-state index contributed by atoms with van der Waals surface area (Å²) in [6, 6.07) is 32.0. The van der Waals surface area contributed by atoms with Crippen molar-refractivity contribution in [3.63, 3.8) is 0 Å². The Hall–Kier alpha value is -4.33. The van der Waals surface area contributed by atoms with E-state index in [1.54, 1.807) is 72.8 Å². The zero-order valence-corrected chi connectivity index (χ0v) is 21.8. The van der Waals surface area contributed by atoms with Gasteiger partial charge in [0.25, 0.3) is 11.8 Å². The number of benzene rings is 4. The van der Waals surface area contributed by atoms with E-state index in [1.165, 1.54) is 11.8 Å². The lowest BCUT2D eigenvalue weighted by Gasteiger charge is -2.12. The Labute approximate surface area is 230 Å². The number of anilines is 2. The van der Waals surface area contributed by atoms with Crippen molar-refractivity contribution in [1.82, 2.24) is 5.32 Å². The van der Waals surface area contributed by atoms with Crippen LogP contribution >= 0.6 is 23.4 Å². The molecule has 0 unspecified atom stereocenters. The molecule has 0 spiro atoms. The molecule has 0 saturated heterocycles. The van der Waals surface area contributed by atoms with Crippen molar-refractivity contribution in [2.24, 2.45) is 0 Å². The minimum atomic E-state index is -0.473. The fraction of sp³-hybridized carbons (Fsp3) is 0.0333. The van der Waals surface area contributed by atoms with E-state index in [9.17, 15) is 14.4 Å². The molecule has 6 nitrogen and oxygen atoms in total. The van der Waals surface area contributed by atoms with Crippen LogP contribution in [-0.4, -0.2) is 23.5 Å². The molecule has 38 heavy (non-hydrogen) atoms. The van der Waals surface area contributed by atoms with Gasteiger partial charge in [0.2, 0.25) is 5.91 Å². The smallest absolute Gasteiger partial charge is 0.272 e. The summed E-state index contributed by atoms with van der Waals surface area (Å²) in [5, 5.41) is 8.92. The highest BCUT2D eigenvalue weighted by Gasteiger charge is 2.15. The summed E-state index contributed by atoms with van der Waals surface area (Å²) in [6.07, 6.45) is 1.62. The van der Waals surface area contributed by atoms with Gasteiger partial charge in [-0.1, -0.05) is 72.3 Å². The highest BCUT2D eigenvalue weighted by Crippen LogP contribution is 2.23. The van der Waals surface area contributed by atoms with Crippen molar-refractivity contribution in [2.75, 3.05) is 16.4 Å². The molecular formula is C30H24ClN3O3S. The zero-order chi connectivity index (χ0) is 26.7. The van der Waals surface area contributed by atoms with E-state index in [4.69, 9.17) is 11.6 Å². The number of halogens is 1. The lowest BCUT2D eigenvalue weighted by atomic mass is 10.1. The number of carbonyl (C=O) groups is 3. The van der Waals surface area contributed by atoms with E-state index >= 15 is 0 Å². The highest BCUT2D eigenvalue weighted by atomic mass is 35.5. The van der Waals surface area contributed by atoms with E-state index in [0.29, 0.717) is 22.0 Å². The van der Waals surface area contributed by atoms with Gasteiger partial charge in [0.05, 0.1) is 5.75 Å². The fourth-order valence-electron chi connectivity index (χ4n) is 3.43. The minimum absolute atomic E-state index is 0.101. The summed E-state index contributed by atoms with van der Waals surface area (Å²) < 4.78 is 0. The molecule has 190 valence electrons. The monoisotopic (exact) mass is 541 g/mol. The van der Waals surface area contributed by atoms with E-state index in [0.717, 1.165) is 10.5 Å². The van der Waals surface area contributed by atoms with Crippen LogP contribution in [0.4, 0.5) is 11.4 Å². The molecule has 4 aromatic carbocycles. The molecule has 0 aromatic heterocycles. The third kappa shape index (κ3) is 8.09. The summed E-state index contributed by atoms with van der Waals surface area (Å²) in [4.78, 5) is 39.1. The van der Waals surface area contributed by atoms with Crippen LogP contribution in [0.1, 0.15) is 15.9 Å².